The van der Waals surface area contributed by atoms with Gasteiger partial charge in [0.2, 0.25) is 5.91 Å². The lowest BCUT2D eigenvalue weighted by Crippen LogP contribution is -2.54. The van der Waals surface area contributed by atoms with Gasteiger partial charge in [-0.05, 0) is 91.2 Å². The molecule has 1 aromatic rings. The number of hydrogen-bond donors (Lipinski definition) is 0. The number of nitrogens with zero attached hydrogens (tertiary/aromatic N) is 2. The Balaban J connectivity index is 1.42. The van der Waals surface area contributed by atoms with E-state index in [0.717, 1.165) is 24.1 Å². The van der Waals surface area contributed by atoms with Crippen molar-refractivity contribution in [2.24, 2.45) is 28.6 Å². The van der Waals surface area contributed by atoms with Crippen LogP contribution in [-0.2, 0) is 4.79 Å². The van der Waals surface area contributed by atoms with Gasteiger partial charge in [0.25, 0.3) is 0 Å². The highest BCUT2D eigenvalue weighted by atomic mass is 16.5. The number of rotatable bonds is 3. The van der Waals surface area contributed by atoms with E-state index in [4.69, 9.17) is 4.74 Å². The summed E-state index contributed by atoms with van der Waals surface area (Å²) in [5, 5.41) is 0. The lowest BCUT2D eigenvalue weighted by Gasteiger charge is -2.57. The highest BCUT2D eigenvalue weighted by molar-refractivity contribution is 5.74. The second kappa shape index (κ2) is 7.10. The number of allylic oxidation sites excluding steroid dienone is 2. The predicted molar refractivity (Wildman–Crippen MR) is 119 cm³/mol. The van der Waals surface area contributed by atoms with Crippen molar-refractivity contribution in [2.75, 3.05) is 13.2 Å². The summed E-state index contributed by atoms with van der Waals surface area (Å²) in [5.41, 5.74) is 3.27. The molecule has 2 heterocycles. The Kier molecular flexibility index (Phi) is 4.75. The van der Waals surface area contributed by atoms with E-state index in [-0.39, 0.29) is 11.3 Å². The maximum atomic E-state index is 12.2. The van der Waals surface area contributed by atoms with E-state index in [9.17, 15) is 4.79 Å². The third-order valence-corrected chi connectivity index (χ3v) is 9.41. The minimum Gasteiger partial charge on any atom is -0.492 e. The van der Waals surface area contributed by atoms with Crippen LogP contribution in [0.1, 0.15) is 71.8 Å². The summed E-state index contributed by atoms with van der Waals surface area (Å²) >= 11 is 0. The Bertz CT molecular complexity index is 880. The lowest BCUT2D eigenvalue weighted by atomic mass is 9.48. The van der Waals surface area contributed by atoms with Crippen LogP contribution in [0, 0.1) is 28.6 Å². The molecule has 1 unspecified atom stereocenters. The van der Waals surface area contributed by atoms with Crippen LogP contribution in [0.2, 0.25) is 0 Å². The zero-order valence-electron chi connectivity index (χ0n) is 19.0. The summed E-state index contributed by atoms with van der Waals surface area (Å²) in [7, 11) is 0. The average Bonchev–Trinajstić information content (AvgIpc) is 3.25. The largest absolute Gasteiger partial charge is 0.492 e. The molecule has 1 aliphatic heterocycles. The molecule has 0 aromatic carbocycles. The van der Waals surface area contributed by atoms with Gasteiger partial charge in [0, 0.05) is 25.7 Å². The Hall–Kier alpha value is -1.84. The van der Waals surface area contributed by atoms with Crippen LogP contribution >= 0.6 is 0 Å². The average molecular weight is 409 g/mol. The molecule has 162 valence electrons. The van der Waals surface area contributed by atoms with Crippen molar-refractivity contribution in [1.29, 1.82) is 0 Å². The molecule has 3 fully saturated rings. The highest BCUT2D eigenvalue weighted by Crippen LogP contribution is 2.66. The summed E-state index contributed by atoms with van der Waals surface area (Å²) in [6.07, 6.45) is 13.7. The van der Waals surface area contributed by atoms with Crippen molar-refractivity contribution in [3.05, 3.63) is 30.1 Å². The first kappa shape index (κ1) is 20.1. The third-order valence-electron chi connectivity index (χ3n) is 9.41. The van der Waals surface area contributed by atoms with E-state index in [2.05, 4.69) is 35.9 Å². The van der Waals surface area contributed by atoms with Crippen LogP contribution < -0.4 is 4.74 Å². The van der Waals surface area contributed by atoms with Gasteiger partial charge in [0.15, 0.2) is 0 Å². The van der Waals surface area contributed by atoms with Crippen LogP contribution in [0.25, 0.3) is 5.57 Å². The smallest absolute Gasteiger partial charge is 0.219 e. The first-order chi connectivity index (χ1) is 14.4. The maximum Gasteiger partial charge on any atom is 0.219 e. The van der Waals surface area contributed by atoms with Gasteiger partial charge < -0.3 is 9.64 Å². The molecule has 1 saturated heterocycles. The molecule has 1 amide bonds. The van der Waals surface area contributed by atoms with Gasteiger partial charge in [-0.15, -0.1) is 0 Å². The monoisotopic (exact) mass is 408 g/mol. The number of carbonyl (C=O) groups is 1. The van der Waals surface area contributed by atoms with Crippen molar-refractivity contribution in [3.63, 3.8) is 0 Å². The van der Waals surface area contributed by atoms with Gasteiger partial charge in [-0.3, -0.25) is 9.78 Å². The Morgan fingerprint density at radius 3 is 2.80 bits per heavy atom. The van der Waals surface area contributed by atoms with Crippen molar-refractivity contribution < 1.29 is 9.53 Å². The molecule has 0 bridgehead atoms. The first-order valence-electron chi connectivity index (χ1n) is 11.9. The van der Waals surface area contributed by atoms with Crippen molar-refractivity contribution in [3.8, 4) is 5.75 Å². The zero-order chi connectivity index (χ0) is 21.1. The number of hydrogen-bond acceptors (Lipinski definition) is 3. The van der Waals surface area contributed by atoms with E-state index in [1.54, 1.807) is 6.92 Å². The lowest BCUT2D eigenvalue weighted by molar-refractivity contribution is -0.134. The molecule has 1 aromatic heterocycles. The predicted octanol–water partition coefficient (Wildman–Crippen LogP) is 5.34. The standard InChI is InChI=1S/C26H36N2O2/c1-5-30-19-14-18(15-27-16-19)21-7-8-22-20-6-9-24-26(4,12-13-28(24)17(2)29)23(20)10-11-25(21,22)3/h7,14-16,20,22-24H,5-6,8-13H2,1-4H3/t20-,22-,23-,24?,25+,26+/m0/s1. The zero-order valence-corrected chi connectivity index (χ0v) is 19.0. The second-order valence-corrected chi connectivity index (χ2v) is 10.6. The van der Waals surface area contributed by atoms with Gasteiger partial charge in [-0.1, -0.05) is 19.9 Å². The van der Waals surface area contributed by atoms with E-state index in [1.807, 2.05) is 19.3 Å². The molecule has 4 aliphatic rings. The Morgan fingerprint density at radius 1 is 1.20 bits per heavy atom. The number of carbonyl (C=O) groups excluding carboxylic acids is 1. The fourth-order valence-corrected chi connectivity index (χ4v) is 8.02. The van der Waals surface area contributed by atoms with Gasteiger partial charge in [-0.2, -0.15) is 0 Å². The minimum absolute atomic E-state index is 0.232. The van der Waals surface area contributed by atoms with Gasteiger partial charge >= 0.3 is 0 Å². The normalized spacial score (nSPS) is 39.7. The number of likely N-dealkylation sites (tertiary alicyclic amines) is 1. The van der Waals surface area contributed by atoms with E-state index < -0.39 is 0 Å². The van der Waals surface area contributed by atoms with Crippen molar-refractivity contribution >= 4 is 11.5 Å². The van der Waals surface area contributed by atoms with Crippen LogP contribution in [0.5, 0.6) is 5.75 Å². The summed E-state index contributed by atoms with van der Waals surface area (Å²) < 4.78 is 5.73. The Morgan fingerprint density at radius 2 is 2.03 bits per heavy atom. The number of fused-ring (bicyclic) bond motifs is 5. The first-order valence-corrected chi connectivity index (χ1v) is 11.9. The van der Waals surface area contributed by atoms with E-state index in [0.29, 0.717) is 24.0 Å². The molecule has 3 aliphatic carbocycles. The van der Waals surface area contributed by atoms with Crippen LogP contribution in [0.15, 0.2) is 24.5 Å². The van der Waals surface area contributed by atoms with Crippen LogP contribution in [0.3, 0.4) is 0 Å². The van der Waals surface area contributed by atoms with E-state index in [1.165, 1.54) is 49.7 Å². The van der Waals surface area contributed by atoms with Crippen molar-refractivity contribution in [2.45, 2.75) is 72.3 Å². The minimum atomic E-state index is 0.232. The third kappa shape index (κ3) is 2.78. The fraction of sp³-hybridized carbons (Fsp3) is 0.692. The summed E-state index contributed by atoms with van der Waals surface area (Å²) in [5.74, 6) is 3.38. The Labute approximate surface area is 181 Å². The molecular formula is C26H36N2O2. The molecule has 4 heteroatoms. The van der Waals surface area contributed by atoms with Crippen LogP contribution in [0.4, 0.5) is 0 Å². The highest BCUT2D eigenvalue weighted by Gasteiger charge is 2.60. The van der Waals surface area contributed by atoms with Crippen LogP contribution in [-0.4, -0.2) is 35.0 Å². The summed E-state index contributed by atoms with van der Waals surface area (Å²) in [6.45, 7) is 10.4. The molecule has 0 N–H and O–H groups in total. The quantitative estimate of drug-likeness (QED) is 0.678. The molecule has 4 nitrogen and oxygen atoms in total. The SMILES string of the molecule is CCOc1cncc(C2=CC[C@H]3[C@@H]4CCC5N(C(C)=O)CC[C@]5(C)[C@H]4CC[C@]23C)c1. The van der Waals surface area contributed by atoms with Crippen molar-refractivity contribution in [1.82, 2.24) is 9.88 Å². The fourth-order valence-electron chi connectivity index (χ4n) is 8.02. The molecule has 30 heavy (non-hydrogen) atoms. The number of pyridine rings is 1. The van der Waals surface area contributed by atoms with Gasteiger partial charge in [0.1, 0.15) is 5.75 Å². The molecule has 2 saturated carbocycles. The molecule has 0 spiro atoms. The molecular weight excluding hydrogens is 372 g/mol. The maximum absolute atomic E-state index is 12.2. The van der Waals surface area contributed by atoms with Gasteiger partial charge in [0.05, 0.1) is 12.8 Å². The number of aromatic nitrogens is 1. The second-order valence-electron chi connectivity index (χ2n) is 10.6. The molecule has 6 atom stereocenters. The topological polar surface area (TPSA) is 42.4 Å². The summed E-state index contributed by atoms with van der Waals surface area (Å²) in [4.78, 5) is 18.9. The van der Waals surface area contributed by atoms with Gasteiger partial charge in [-0.25, -0.2) is 0 Å². The summed E-state index contributed by atoms with van der Waals surface area (Å²) in [6, 6.07) is 2.64. The number of ether oxygens (including phenoxy) is 1. The molecule has 5 rings (SSSR count). The van der Waals surface area contributed by atoms with E-state index >= 15 is 0 Å². The number of amides is 1. The molecule has 0 radical (unpaired) electrons.